The van der Waals surface area contributed by atoms with E-state index in [4.69, 9.17) is 0 Å². The minimum Gasteiger partial charge on any atom is -0.314 e. The molecule has 2 unspecified atom stereocenters. The standard InChI is InChI=1S/C15H23NO2S2/c17-20(18)8-6-14(11-20)13(9-16-15-3-4-15)2-1-12-5-7-19-10-12/h5,7,10,13-16H,1-4,6,8-9,11H2. The van der Waals surface area contributed by atoms with Gasteiger partial charge in [0.2, 0.25) is 0 Å². The zero-order valence-electron chi connectivity index (χ0n) is 11.8. The molecule has 2 aliphatic rings. The molecule has 2 fully saturated rings. The Morgan fingerprint density at radius 2 is 2.20 bits per heavy atom. The van der Waals surface area contributed by atoms with Crippen LogP contribution in [0.4, 0.5) is 0 Å². The highest BCUT2D eigenvalue weighted by molar-refractivity contribution is 7.91. The molecule has 3 nitrogen and oxygen atoms in total. The summed E-state index contributed by atoms with van der Waals surface area (Å²) in [5.41, 5.74) is 1.40. The van der Waals surface area contributed by atoms with E-state index in [1.54, 1.807) is 11.3 Å². The van der Waals surface area contributed by atoms with Crippen LogP contribution in [0, 0.1) is 11.8 Å². The minimum atomic E-state index is -2.76. The number of aryl methyl sites for hydroxylation is 1. The first-order valence-corrected chi connectivity index (χ1v) is 10.3. The van der Waals surface area contributed by atoms with Crippen molar-refractivity contribution in [1.29, 1.82) is 0 Å². The van der Waals surface area contributed by atoms with Gasteiger partial charge in [0.25, 0.3) is 0 Å². The van der Waals surface area contributed by atoms with Crippen molar-refractivity contribution in [2.24, 2.45) is 11.8 Å². The Bertz CT molecular complexity index is 520. The van der Waals surface area contributed by atoms with Gasteiger partial charge in [0.05, 0.1) is 11.5 Å². The molecule has 2 atom stereocenters. The summed E-state index contributed by atoms with van der Waals surface area (Å²) in [6, 6.07) is 2.89. The third kappa shape index (κ3) is 4.06. The molecule has 1 saturated heterocycles. The lowest BCUT2D eigenvalue weighted by Crippen LogP contribution is -2.30. The fraction of sp³-hybridized carbons (Fsp3) is 0.733. The number of rotatable bonds is 7. The first-order chi connectivity index (χ1) is 9.62. The molecule has 0 amide bonds. The normalized spacial score (nSPS) is 26.7. The van der Waals surface area contributed by atoms with Gasteiger partial charge in [-0.15, -0.1) is 0 Å². The molecule has 0 spiro atoms. The first-order valence-electron chi connectivity index (χ1n) is 7.57. The van der Waals surface area contributed by atoms with E-state index in [0.29, 0.717) is 29.4 Å². The maximum absolute atomic E-state index is 11.7. The summed E-state index contributed by atoms with van der Waals surface area (Å²) < 4.78 is 23.4. The molecule has 0 aromatic carbocycles. The van der Waals surface area contributed by atoms with E-state index in [-0.39, 0.29) is 0 Å². The molecular formula is C15H23NO2S2. The molecule has 0 radical (unpaired) electrons. The van der Waals surface area contributed by atoms with E-state index in [1.165, 1.54) is 18.4 Å². The van der Waals surface area contributed by atoms with Crippen LogP contribution in [0.5, 0.6) is 0 Å². The Kier molecular flexibility index (Phi) is 4.48. The Hall–Kier alpha value is -0.390. The predicted octanol–water partition coefficient (Wildman–Crippen LogP) is 2.48. The summed E-state index contributed by atoms with van der Waals surface area (Å²) in [6.45, 7) is 0.995. The average molecular weight is 313 g/mol. The summed E-state index contributed by atoms with van der Waals surface area (Å²) >= 11 is 1.74. The fourth-order valence-corrected chi connectivity index (χ4v) is 5.72. The highest BCUT2D eigenvalue weighted by Crippen LogP contribution is 2.30. The number of sulfone groups is 1. The predicted molar refractivity (Wildman–Crippen MR) is 83.9 cm³/mol. The van der Waals surface area contributed by atoms with Gasteiger partial charge in [0.15, 0.2) is 9.84 Å². The van der Waals surface area contributed by atoms with Crippen LogP contribution < -0.4 is 5.32 Å². The monoisotopic (exact) mass is 313 g/mol. The van der Waals surface area contributed by atoms with Gasteiger partial charge >= 0.3 is 0 Å². The second kappa shape index (κ2) is 6.16. The van der Waals surface area contributed by atoms with Crippen molar-refractivity contribution in [1.82, 2.24) is 5.32 Å². The molecule has 1 saturated carbocycles. The molecule has 2 heterocycles. The molecule has 5 heteroatoms. The van der Waals surface area contributed by atoms with Gasteiger partial charge in [-0.25, -0.2) is 8.42 Å². The van der Waals surface area contributed by atoms with Gasteiger partial charge in [-0.3, -0.25) is 0 Å². The lowest BCUT2D eigenvalue weighted by atomic mass is 9.87. The maximum atomic E-state index is 11.7. The molecule has 1 aliphatic heterocycles. The van der Waals surface area contributed by atoms with E-state index >= 15 is 0 Å². The molecule has 3 rings (SSSR count). The van der Waals surface area contributed by atoms with Crippen LogP contribution >= 0.6 is 11.3 Å². The van der Waals surface area contributed by atoms with Crippen LogP contribution in [0.1, 0.15) is 31.2 Å². The molecule has 1 aromatic rings. The molecule has 112 valence electrons. The minimum absolute atomic E-state index is 0.366. The van der Waals surface area contributed by atoms with E-state index in [1.807, 2.05) is 0 Å². The summed E-state index contributed by atoms with van der Waals surface area (Å²) in [7, 11) is -2.76. The average Bonchev–Trinajstić information content (AvgIpc) is 2.94. The van der Waals surface area contributed by atoms with Crippen molar-refractivity contribution in [3.8, 4) is 0 Å². The van der Waals surface area contributed by atoms with Gasteiger partial charge < -0.3 is 5.32 Å². The second-order valence-corrected chi connectivity index (χ2v) is 9.28. The summed E-state index contributed by atoms with van der Waals surface area (Å²) in [4.78, 5) is 0. The van der Waals surface area contributed by atoms with Crippen LogP contribution in [-0.2, 0) is 16.3 Å². The highest BCUT2D eigenvalue weighted by Gasteiger charge is 2.34. The smallest absolute Gasteiger partial charge is 0.150 e. The Morgan fingerprint density at radius 1 is 1.35 bits per heavy atom. The molecule has 1 aliphatic carbocycles. The number of hydrogen-bond acceptors (Lipinski definition) is 4. The zero-order chi connectivity index (χ0) is 14.0. The van der Waals surface area contributed by atoms with Crippen LogP contribution in [0.2, 0.25) is 0 Å². The Morgan fingerprint density at radius 3 is 2.80 bits per heavy atom. The highest BCUT2D eigenvalue weighted by atomic mass is 32.2. The van der Waals surface area contributed by atoms with Crippen LogP contribution in [0.25, 0.3) is 0 Å². The van der Waals surface area contributed by atoms with Crippen molar-refractivity contribution in [2.75, 3.05) is 18.1 Å². The summed E-state index contributed by atoms with van der Waals surface area (Å²) in [5.74, 6) is 1.68. The maximum Gasteiger partial charge on any atom is 0.150 e. The van der Waals surface area contributed by atoms with E-state index in [2.05, 4.69) is 22.1 Å². The van der Waals surface area contributed by atoms with Gasteiger partial charge in [0.1, 0.15) is 0 Å². The largest absolute Gasteiger partial charge is 0.314 e. The summed E-state index contributed by atoms with van der Waals surface area (Å²) in [6.07, 6.45) is 5.64. The number of hydrogen-bond donors (Lipinski definition) is 1. The third-order valence-corrected chi connectivity index (χ3v) is 7.09. The van der Waals surface area contributed by atoms with Crippen molar-refractivity contribution in [2.45, 2.75) is 38.1 Å². The van der Waals surface area contributed by atoms with Crippen molar-refractivity contribution >= 4 is 21.2 Å². The molecule has 1 aromatic heterocycles. The lowest BCUT2D eigenvalue weighted by molar-refractivity contribution is 0.324. The molecule has 1 N–H and O–H groups in total. The van der Waals surface area contributed by atoms with E-state index in [0.717, 1.165) is 25.8 Å². The zero-order valence-corrected chi connectivity index (χ0v) is 13.4. The third-order valence-electron chi connectivity index (χ3n) is 4.56. The summed E-state index contributed by atoms with van der Waals surface area (Å²) in [5, 5.41) is 7.92. The number of nitrogens with one attached hydrogen (secondary N) is 1. The van der Waals surface area contributed by atoms with Gasteiger partial charge in [-0.1, -0.05) is 0 Å². The van der Waals surface area contributed by atoms with Gasteiger partial charge in [-0.05, 0) is 72.9 Å². The van der Waals surface area contributed by atoms with Crippen molar-refractivity contribution in [3.63, 3.8) is 0 Å². The molecular weight excluding hydrogens is 290 g/mol. The quantitative estimate of drug-likeness (QED) is 0.841. The lowest BCUT2D eigenvalue weighted by Gasteiger charge is -2.23. The first kappa shape index (κ1) is 14.5. The van der Waals surface area contributed by atoms with E-state index in [9.17, 15) is 8.42 Å². The Labute approximate surface area is 125 Å². The SMILES string of the molecule is O=S1(=O)CCC(C(CCc2ccsc2)CNC2CC2)C1. The topological polar surface area (TPSA) is 46.2 Å². The Balaban J connectivity index is 1.57. The molecule has 20 heavy (non-hydrogen) atoms. The van der Waals surface area contributed by atoms with Gasteiger partial charge in [-0.2, -0.15) is 11.3 Å². The van der Waals surface area contributed by atoms with Crippen LogP contribution in [0.3, 0.4) is 0 Å². The number of thiophene rings is 1. The van der Waals surface area contributed by atoms with E-state index < -0.39 is 9.84 Å². The van der Waals surface area contributed by atoms with Crippen LogP contribution in [-0.4, -0.2) is 32.5 Å². The molecule has 0 bridgehead atoms. The fourth-order valence-electron chi connectivity index (χ4n) is 3.09. The van der Waals surface area contributed by atoms with Crippen molar-refractivity contribution < 1.29 is 8.42 Å². The van der Waals surface area contributed by atoms with Gasteiger partial charge in [0, 0.05) is 6.04 Å². The van der Waals surface area contributed by atoms with Crippen LogP contribution in [0.15, 0.2) is 16.8 Å². The second-order valence-electron chi connectivity index (χ2n) is 6.28. The van der Waals surface area contributed by atoms with Crippen molar-refractivity contribution in [3.05, 3.63) is 22.4 Å².